The maximum Gasteiger partial charge on any atom is 0.0153 e. The first-order valence-corrected chi connectivity index (χ1v) is 4.00. The third kappa shape index (κ3) is 3.85. The Balaban J connectivity index is 3.50. The van der Waals surface area contributed by atoms with Crippen molar-refractivity contribution in [2.75, 3.05) is 27.2 Å². The van der Waals surface area contributed by atoms with Gasteiger partial charge in [0.25, 0.3) is 0 Å². The van der Waals surface area contributed by atoms with Crippen LogP contribution in [-0.4, -0.2) is 37.2 Å². The van der Waals surface area contributed by atoms with E-state index in [1.165, 1.54) is 0 Å². The van der Waals surface area contributed by atoms with Gasteiger partial charge in [0.05, 0.1) is 0 Å². The molecule has 0 fully saturated rings. The fourth-order valence-corrected chi connectivity index (χ4v) is 0.909. The topological polar surface area (TPSA) is 6.48 Å². The molecule has 0 heterocycles. The third-order valence-electron chi connectivity index (χ3n) is 1.67. The molecule has 2 heteroatoms. The highest BCUT2D eigenvalue weighted by Crippen LogP contribution is 1.97. The van der Waals surface area contributed by atoms with Crippen LogP contribution >= 0.6 is 0 Å². The Kier molecular flexibility index (Phi) is 4.65. The van der Waals surface area contributed by atoms with Gasteiger partial charge in [-0.15, -0.1) is 0 Å². The maximum absolute atomic E-state index is 2.25. The van der Waals surface area contributed by atoms with E-state index < -0.39 is 0 Å². The van der Waals surface area contributed by atoms with Gasteiger partial charge in [0.1, 0.15) is 0 Å². The Morgan fingerprint density at radius 2 is 1.60 bits per heavy atom. The summed E-state index contributed by atoms with van der Waals surface area (Å²) in [6.45, 7) is 8.87. The molecule has 0 bridgehead atoms. The van der Waals surface area contributed by atoms with Crippen LogP contribution in [0.2, 0.25) is 0 Å². The van der Waals surface area contributed by atoms with Crippen LogP contribution in [0.5, 0.6) is 0 Å². The number of hydrogen-bond donors (Lipinski definition) is 0. The molecule has 62 valence electrons. The molecular formula is C8H20N2. The summed E-state index contributed by atoms with van der Waals surface area (Å²) in [6.07, 6.45) is 0. The monoisotopic (exact) mass is 144 g/mol. The highest BCUT2D eigenvalue weighted by atomic mass is 15.6. The second kappa shape index (κ2) is 4.69. The molecular weight excluding hydrogens is 124 g/mol. The summed E-state index contributed by atoms with van der Waals surface area (Å²) in [5, 5.41) is 4.48. The average molecular weight is 144 g/mol. The zero-order valence-corrected chi connectivity index (χ0v) is 7.89. The van der Waals surface area contributed by atoms with E-state index in [-0.39, 0.29) is 0 Å². The summed E-state index contributed by atoms with van der Waals surface area (Å²) < 4.78 is 0. The lowest BCUT2D eigenvalue weighted by molar-refractivity contribution is 0.0221. The molecule has 0 aromatic carbocycles. The quantitative estimate of drug-likeness (QED) is 0.551. The van der Waals surface area contributed by atoms with Crippen LogP contribution in [0.1, 0.15) is 20.8 Å². The molecule has 0 aliphatic rings. The zero-order valence-electron chi connectivity index (χ0n) is 7.89. The number of nitrogens with zero attached hydrogens (tertiary/aromatic N) is 2. The molecule has 0 aromatic rings. The van der Waals surface area contributed by atoms with Crippen molar-refractivity contribution in [2.24, 2.45) is 5.92 Å². The summed E-state index contributed by atoms with van der Waals surface area (Å²) in [5.41, 5.74) is 0. The Hall–Kier alpha value is -0.0800. The molecule has 0 atom stereocenters. The molecule has 0 amide bonds. The molecule has 10 heavy (non-hydrogen) atoms. The Morgan fingerprint density at radius 1 is 1.10 bits per heavy atom. The molecule has 0 rings (SSSR count). The molecule has 0 N–H and O–H groups in total. The van der Waals surface area contributed by atoms with Crippen LogP contribution < -0.4 is 0 Å². The minimum Gasteiger partial charge on any atom is -0.245 e. The highest BCUT2D eigenvalue weighted by Gasteiger charge is 2.04. The van der Waals surface area contributed by atoms with Crippen LogP contribution in [0.25, 0.3) is 0 Å². The van der Waals surface area contributed by atoms with Crippen molar-refractivity contribution >= 4 is 0 Å². The second-order valence-corrected chi connectivity index (χ2v) is 3.21. The first kappa shape index (κ1) is 9.92. The third-order valence-corrected chi connectivity index (χ3v) is 1.67. The fraction of sp³-hybridized carbons (Fsp3) is 1.00. The van der Waals surface area contributed by atoms with Gasteiger partial charge in [0.2, 0.25) is 0 Å². The molecule has 0 aliphatic carbocycles. The van der Waals surface area contributed by atoms with Gasteiger partial charge in [-0.05, 0) is 5.92 Å². The molecule has 0 aromatic heterocycles. The Morgan fingerprint density at radius 3 is 1.90 bits per heavy atom. The van der Waals surface area contributed by atoms with E-state index in [1.54, 1.807) is 0 Å². The van der Waals surface area contributed by atoms with E-state index >= 15 is 0 Å². The number of hydrogen-bond acceptors (Lipinski definition) is 2. The van der Waals surface area contributed by atoms with E-state index in [0.29, 0.717) is 0 Å². The molecule has 0 spiro atoms. The lowest BCUT2D eigenvalue weighted by Gasteiger charge is -2.28. The first-order chi connectivity index (χ1) is 4.57. The standard InChI is InChI=1S/C8H20N2/c1-6-9(4)10(5)7-8(2)3/h8H,6-7H2,1-5H3. The molecule has 2 nitrogen and oxygen atoms in total. The van der Waals surface area contributed by atoms with Gasteiger partial charge in [-0.25, -0.2) is 10.0 Å². The second-order valence-electron chi connectivity index (χ2n) is 3.21. The van der Waals surface area contributed by atoms with E-state index in [9.17, 15) is 0 Å². The predicted octanol–water partition coefficient (Wildman–Crippen LogP) is 1.44. The number of rotatable bonds is 4. The van der Waals surface area contributed by atoms with E-state index in [0.717, 1.165) is 19.0 Å². The molecule has 0 saturated carbocycles. The summed E-state index contributed by atoms with van der Waals surface area (Å²) in [6, 6.07) is 0. The van der Waals surface area contributed by atoms with Crippen molar-refractivity contribution in [3.05, 3.63) is 0 Å². The minimum atomic E-state index is 0.749. The lowest BCUT2D eigenvalue weighted by atomic mass is 10.2. The Labute approximate surface area is 64.8 Å². The number of hydrazine groups is 1. The summed E-state index contributed by atoms with van der Waals surface area (Å²) in [5.74, 6) is 0.749. The SMILES string of the molecule is CCN(C)N(C)CC(C)C. The summed E-state index contributed by atoms with van der Waals surface area (Å²) >= 11 is 0. The highest BCUT2D eigenvalue weighted by molar-refractivity contribution is 4.49. The molecule has 0 unspecified atom stereocenters. The van der Waals surface area contributed by atoms with Gasteiger partial charge >= 0.3 is 0 Å². The van der Waals surface area contributed by atoms with E-state index in [2.05, 4.69) is 44.9 Å². The van der Waals surface area contributed by atoms with Crippen molar-refractivity contribution < 1.29 is 0 Å². The zero-order chi connectivity index (χ0) is 8.15. The average Bonchev–Trinajstić information content (AvgIpc) is 1.85. The molecule has 0 radical (unpaired) electrons. The Bertz CT molecular complexity index is 81.3. The van der Waals surface area contributed by atoms with Gasteiger partial charge in [-0.3, -0.25) is 0 Å². The maximum atomic E-state index is 2.25. The normalized spacial score (nSPS) is 12.0. The van der Waals surface area contributed by atoms with Crippen LogP contribution in [-0.2, 0) is 0 Å². The largest absolute Gasteiger partial charge is 0.245 e. The van der Waals surface area contributed by atoms with Gasteiger partial charge in [-0.2, -0.15) is 0 Å². The lowest BCUT2D eigenvalue weighted by Crippen LogP contribution is -2.38. The van der Waals surface area contributed by atoms with Crippen LogP contribution in [0.3, 0.4) is 0 Å². The van der Waals surface area contributed by atoms with Gasteiger partial charge in [-0.1, -0.05) is 20.8 Å². The van der Waals surface area contributed by atoms with Crippen molar-refractivity contribution in [3.8, 4) is 0 Å². The van der Waals surface area contributed by atoms with Crippen LogP contribution in [0.15, 0.2) is 0 Å². The smallest absolute Gasteiger partial charge is 0.0153 e. The van der Waals surface area contributed by atoms with E-state index in [1.807, 2.05) is 0 Å². The predicted molar refractivity (Wildman–Crippen MR) is 45.8 cm³/mol. The van der Waals surface area contributed by atoms with Crippen molar-refractivity contribution in [2.45, 2.75) is 20.8 Å². The minimum absolute atomic E-state index is 0.749. The van der Waals surface area contributed by atoms with Crippen molar-refractivity contribution in [3.63, 3.8) is 0 Å². The summed E-state index contributed by atoms with van der Waals surface area (Å²) in [7, 11) is 4.24. The molecule has 0 aliphatic heterocycles. The first-order valence-electron chi connectivity index (χ1n) is 4.00. The van der Waals surface area contributed by atoms with Gasteiger partial charge in [0.15, 0.2) is 0 Å². The fourth-order valence-electron chi connectivity index (χ4n) is 0.909. The van der Waals surface area contributed by atoms with Crippen molar-refractivity contribution in [1.29, 1.82) is 0 Å². The van der Waals surface area contributed by atoms with Gasteiger partial charge in [0, 0.05) is 27.2 Å². The molecule has 0 saturated heterocycles. The van der Waals surface area contributed by atoms with Crippen LogP contribution in [0.4, 0.5) is 0 Å². The van der Waals surface area contributed by atoms with Gasteiger partial charge < -0.3 is 0 Å². The summed E-state index contributed by atoms with van der Waals surface area (Å²) in [4.78, 5) is 0. The van der Waals surface area contributed by atoms with E-state index in [4.69, 9.17) is 0 Å². The van der Waals surface area contributed by atoms with Crippen molar-refractivity contribution in [1.82, 2.24) is 10.0 Å². The van der Waals surface area contributed by atoms with Crippen LogP contribution in [0, 0.1) is 5.92 Å².